The van der Waals surface area contributed by atoms with E-state index >= 15 is 0 Å². The third kappa shape index (κ3) is 3.55. The van der Waals surface area contributed by atoms with Crippen molar-refractivity contribution in [3.63, 3.8) is 0 Å². The minimum atomic E-state index is 0. The summed E-state index contributed by atoms with van der Waals surface area (Å²) >= 11 is 0. The highest BCUT2D eigenvalue weighted by Crippen LogP contribution is 2.01. The van der Waals surface area contributed by atoms with Crippen LogP contribution < -0.4 is 26.9 Å². The molecular weight excluding hydrogens is 232 g/mol. The molecule has 1 heterocycles. The molecule has 0 fully saturated rings. The lowest BCUT2D eigenvalue weighted by Crippen LogP contribution is -3.00. The summed E-state index contributed by atoms with van der Waals surface area (Å²) in [6.07, 6.45) is 4.56. The van der Waals surface area contributed by atoms with E-state index in [2.05, 4.69) is 19.2 Å². The van der Waals surface area contributed by atoms with Gasteiger partial charge in [-0.05, 0) is 19.9 Å². The van der Waals surface area contributed by atoms with Gasteiger partial charge in [-0.2, -0.15) is 0 Å². The highest BCUT2D eigenvalue weighted by Gasteiger charge is 2.05. The predicted molar refractivity (Wildman–Crippen MR) is 46.7 cm³/mol. The Morgan fingerprint density at radius 3 is 2.77 bits per heavy atom. The summed E-state index contributed by atoms with van der Waals surface area (Å²) in [6, 6.07) is 4.18. The molecule has 4 heteroatoms. The summed E-state index contributed by atoms with van der Waals surface area (Å²) < 4.78 is 2.03. The standard InChI is InChI=1S/C9H12N2O.BrH/c1-8(2)11-5-3-4-9(6-11)10-7-12;/h3-8H,1-2H3;1H. The molecule has 0 saturated heterocycles. The zero-order chi connectivity index (χ0) is 8.97. The van der Waals surface area contributed by atoms with Gasteiger partial charge in [0, 0.05) is 6.07 Å². The molecule has 0 spiro atoms. The number of halogens is 1. The lowest BCUT2D eigenvalue weighted by Gasteiger charge is -2.01. The van der Waals surface area contributed by atoms with E-state index in [-0.39, 0.29) is 17.0 Å². The topological polar surface area (TPSA) is 33.0 Å². The van der Waals surface area contributed by atoms with Crippen molar-refractivity contribution < 1.29 is 26.3 Å². The van der Waals surface area contributed by atoms with Gasteiger partial charge in [0.1, 0.15) is 5.69 Å². The molecule has 0 aliphatic heterocycles. The normalized spacial score (nSPS) is 9.15. The molecule has 0 aliphatic carbocycles. The second-order valence-electron chi connectivity index (χ2n) is 2.90. The van der Waals surface area contributed by atoms with Crippen molar-refractivity contribution in [3.05, 3.63) is 24.5 Å². The highest BCUT2D eigenvalue weighted by molar-refractivity contribution is 5.69. The Labute approximate surface area is 88.5 Å². The van der Waals surface area contributed by atoms with Crippen LogP contribution in [0.5, 0.6) is 0 Å². The number of pyridine rings is 1. The first kappa shape index (κ1) is 12.1. The van der Waals surface area contributed by atoms with Gasteiger partial charge < -0.3 is 22.3 Å². The molecule has 3 nitrogen and oxygen atoms in total. The van der Waals surface area contributed by atoms with Gasteiger partial charge in [-0.3, -0.25) is 4.79 Å². The van der Waals surface area contributed by atoms with Crippen molar-refractivity contribution in [2.75, 3.05) is 5.32 Å². The first-order chi connectivity index (χ1) is 5.74. The summed E-state index contributed by atoms with van der Waals surface area (Å²) in [6.45, 7) is 4.18. The number of hydrogen-bond acceptors (Lipinski definition) is 1. The van der Waals surface area contributed by atoms with E-state index in [0.29, 0.717) is 12.5 Å². The van der Waals surface area contributed by atoms with Crippen LogP contribution in [0.3, 0.4) is 0 Å². The van der Waals surface area contributed by atoms with Crippen LogP contribution in [0.2, 0.25) is 0 Å². The van der Waals surface area contributed by atoms with Gasteiger partial charge in [-0.15, -0.1) is 0 Å². The van der Waals surface area contributed by atoms with E-state index in [1.165, 1.54) is 0 Å². The fourth-order valence-corrected chi connectivity index (χ4v) is 0.967. The van der Waals surface area contributed by atoms with Crippen molar-refractivity contribution in [1.29, 1.82) is 0 Å². The Morgan fingerprint density at radius 2 is 2.23 bits per heavy atom. The molecule has 0 atom stereocenters. The maximum Gasteiger partial charge on any atom is 0.211 e. The number of rotatable bonds is 3. The number of anilines is 1. The van der Waals surface area contributed by atoms with Crippen LogP contribution in [0.15, 0.2) is 24.5 Å². The van der Waals surface area contributed by atoms with E-state index in [1.807, 2.05) is 29.1 Å². The molecule has 0 aromatic carbocycles. The Balaban J connectivity index is 0.00000144. The molecule has 1 rings (SSSR count). The van der Waals surface area contributed by atoms with Crippen LogP contribution in [-0.4, -0.2) is 6.41 Å². The van der Waals surface area contributed by atoms with Gasteiger partial charge in [-0.25, -0.2) is 4.57 Å². The van der Waals surface area contributed by atoms with Crippen molar-refractivity contribution in [2.24, 2.45) is 0 Å². The fraction of sp³-hybridized carbons (Fsp3) is 0.333. The van der Waals surface area contributed by atoms with Crippen LogP contribution in [0.1, 0.15) is 19.9 Å². The Bertz CT molecular complexity index is 276. The molecule has 72 valence electrons. The van der Waals surface area contributed by atoms with E-state index in [4.69, 9.17) is 0 Å². The summed E-state index contributed by atoms with van der Waals surface area (Å²) in [5.41, 5.74) is 0.821. The third-order valence-corrected chi connectivity index (χ3v) is 1.64. The number of carbonyl (C=O) groups excluding carboxylic acids is 1. The third-order valence-electron chi connectivity index (χ3n) is 1.64. The second kappa shape index (κ2) is 5.70. The Kier molecular flexibility index (Phi) is 5.30. The largest absolute Gasteiger partial charge is 1.00 e. The summed E-state index contributed by atoms with van der Waals surface area (Å²) in [5, 5.41) is 2.60. The summed E-state index contributed by atoms with van der Waals surface area (Å²) in [4.78, 5) is 10.1. The molecule has 13 heavy (non-hydrogen) atoms. The van der Waals surface area contributed by atoms with Crippen molar-refractivity contribution in [2.45, 2.75) is 19.9 Å². The van der Waals surface area contributed by atoms with Gasteiger partial charge in [0.2, 0.25) is 6.41 Å². The minimum absolute atomic E-state index is 0. The van der Waals surface area contributed by atoms with E-state index in [1.54, 1.807) is 0 Å². The van der Waals surface area contributed by atoms with Crippen LogP contribution in [-0.2, 0) is 4.79 Å². The van der Waals surface area contributed by atoms with Crippen molar-refractivity contribution >= 4 is 12.1 Å². The maximum atomic E-state index is 10.1. The number of hydrogen-bond donors (Lipinski definition) is 1. The van der Waals surface area contributed by atoms with Gasteiger partial charge in [0.25, 0.3) is 0 Å². The van der Waals surface area contributed by atoms with Gasteiger partial charge >= 0.3 is 0 Å². The Hall–Kier alpha value is -0.900. The lowest BCUT2D eigenvalue weighted by molar-refractivity contribution is -0.715. The van der Waals surface area contributed by atoms with Gasteiger partial charge in [0.15, 0.2) is 18.4 Å². The number of carbonyl (C=O) groups is 1. The van der Waals surface area contributed by atoms with Crippen LogP contribution in [0.25, 0.3) is 0 Å². The molecular formula is C9H13BrN2O. The molecule has 1 amide bonds. The number of nitrogens with one attached hydrogen (secondary N) is 1. The number of nitrogens with zero attached hydrogens (tertiary/aromatic N) is 1. The molecule has 0 radical (unpaired) electrons. The monoisotopic (exact) mass is 244 g/mol. The van der Waals surface area contributed by atoms with Crippen LogP contribution in [0, 0.1) is 0 Å². The zero-order valence-electron chi connectivity index (χ0n) is 7.70. The molecule has 0 saturated carbocycles. The van der Waals surface area contributed by atoms with Crippen LogP contribution in [0.4, 0.5) is 5.69 Å². The van der Waals surface area contributed by atoms with E-state index in [9.17, 15) is 4.79 Å². The summed E-state index contributed by atoms with van der Waals surface area (Å²) in [7, 11) is 0. The first-order valence-corrected chi connectivity index (χ1v) is 3.95. The SMILES string of the molecule is CC(C)[n+]1cccc(NC=O)c1.[Br-]. The number of aromatic nitrogens is 1. The van der Waals surface area contributed by atoms with Crippen molar-refractivity contribution in [3.8, 4) is 0 Å². The highest BCUT2D eigenvalue weighted by atomic mass is 79.9. The molecule has 1 aromatic rings. The van der Waals surface area contributed by atoms with Crippen LogP contribution >= 0.6 is 0 Å². The maximum absolute atomic E-state index is 10.1. The lowest BCUT2D eigenvalue weighted by atomic mass is 10.3. The molecule has 0 unspecified atom stereocenters. The average molecular weight is 245 g/mol. The van der Waals surface area contributed by atoms with E-state index in [0.717, 1.165) is 5.69 Å². The van der Waals surface area contributed by atoms with Crippen molar-refractivity contribution in [1.82, 2.24) is 0 Å². The zero-order valence-corrected chi connectivity index (χ0v) is 9.28. The molecule has 0 aliphatic rings. The minimum Gasteiger partial charge on any atom is -1.00 e. The molecule has 0 bridgehead atoms. The fourth-order valence-electron chi connectivity index (χ4n) is 0.967. The Morgan fingerprint density at radius 1 is 1.54 bits per heavy atom. The van der Waals surface area contributed by atoms with E-state index < -0.39 is 0 Å². The second-order valence-corrected chi connectivity index (χ2v) is 2.90. The summed E-state index contributed by atoms with van der Waals surface area (Å²) in [5.74, 6) is 0. The average Bonchev–Trinajstić information content (AvgIpc) is 2.05. The molecule has 1 N–H and O–H groups in total. The molecule has 1 aromatic heterocycles. The van der Waals surface area contributed by atoms with Gasteiger partial charge in [0.05, 0.1) is 0 Å². The quantitative estimate of drug-likeness (QED) is 0.491. The first-order valence-electron chi connectivity index (χ1n) is 3.95. The van der Waals surface area contributed by atoms with Gasteiger partial charge in [-0.1, -0.05) is 0 Å². The predicted octanol–water partition coefficient (Wildman–Crippen LogP) is -1.87. The number of amides is 1. The smallest absolute Gasteiger partial charge is 0.211 e.